The quantitative estimate of drug-likeness (QED) is 0.812. The number of hydrogen-bond acceptors (Lipinski definition) is 2. The lowest BCUT2D eigenvalue weighted by molar-refractivity contribution is -0.135. The molecule has 2 rings (SSSR count). The van der Waals surface area contributed by atoms with E-state index < -0.39 is 0 Å². The third kappa shape index (κ3) is 1.72. The number of halogens is 1. The molecule has 0 heterocycles. The van der Waals surface area contributed by atoms with Crippen LogP contribution in [0, 0.1) is 11.2 Å². The molecule has 2 unspecified atom stereocenters. The van der Waals surface area contributed by atoms with E-state index in [2.05, 4.69) is 0 Å². The van der Waals surface area contributed by atoms with Crippen LogP contribution in [-0.4, -0.2) is 17.3 Å². The summed E-state index contributed by atoms with van der Waals surface area (Å²) in [5.74, 6) is -0.0860. The summed E-state index contributed by atoms with van der Waals surface area (Å²) in [6.07, 6.45) is 0.111. The van der Waals surface area contributed by atoms with Crippen LogP contribution in [0.5, 0.6) is 5.75 Å². The lowest BCUT2D eigenvalue weighted by Gasteiger charge is -2.48. The molecule has 0 saturated heterocycles. The van der Waals surface area contributed by atoms with Crippen LogP contribution in [0.3, 0.4) is 0 Å². The molecule has 0 radical (unpaired) electrons. The van der Waals surface area contributed by atoms with Crippen LogP contribution in [0.4, 0.5) is 4.39 Å². The second-order valence-electron chi connectivity index (χ2n) is 4.61. The first-order chi connectivity index (χ1) is 7.01. The Labute approximate surface area is 88.7 Å². The van der Waals surface area contributed by atoms with Gasteiger partial charge in [0.1, 0.15) is 6.10 Å². The minimum absolute atomic E-state index is 0.107. The predicted molar refractivity (Wildman–Crippen MR) is 55.2 cm³/mol. The van der Waals surface area contributed by atoms with Crippen molar-refractivity contribution in [3.63, 3.8) is 0 Å². The zero-order valence-corrected chi connectivity index (χ0v) is 8.90. The van der Waals surface area contributed by atoms with Gasteiger partial charge in [-0.1, -0.05) is 26.0 Å². The molecule has 1 saturated carbocycles. The molecule has 1 aliphatic carbocycles. The summed E-state index contributed by atoms with van der Waals surface area (Å²) in [5.41, 5.74) is -0.289. The molecule has 82 valence electrons. The van der Waals surface area contributed by atoms with E-state index in [-0.39, 0.29) is 29.2 Å². The lowest BCUT2D eigenvalue weighted by atomic mass is 9.66. The molecule has 0 amide bonds. The van der Waals surface area contributed by atoms with Gasteiger partial charge in [-0.05, 0) is 12.1 Å². The molecule has 0 spiro atoms. The second-order valence-corrected chi connectivity index (χ2v) is 4.61. The highest BCUT2D eigenvalue weighted by Crippen LogP contribution is 2.43. The summed E-state index contributed by atoms with van der Waals surface area (Å²) in [4.78, 5) is 0. The molecular formula is C12H15FO2. The summed E-state index contributed by atoms with van der Waals surface area (Å²) in [6.45, 7) is 3.85. The molecule has 15 heavy (non-hydrogen) atoms. The van der Waals surface area contributed by atoms with Crippen molar-refractivity contribution in [2.24, 2.45) is 5.41 Å². The molecule has 1 fully saturated rings. The van der Waals surface area contributed by atoms with E-state index in [1.807, 2.05) is 13.8 Å². The van der Waals surface area contributed by atoms with Crippen LogP contribution in [0.1, 0.15) is 20.3 Å². The van der Waals surface area contributed by atoms with Gasteiger partial charge < -0.3 is 9.84 Å². The fraction of sp³-hybridized carbons (Fsp3) is 0.500. The topological polar surface area (TPSA) is 29.5 Å². The molecule has 1 aromatic carbocycles. The van der Waals surface area contributed by atoms with Crippen molar-refractivity contribution in [3.05, 3.63) is 30.1 Å². The molecule has 0 aliphatic heterocycles. The van der Waals surface area contributed by atoms with E-state index in [9.17, 15) is 9.50 Å². The Morgan fingerprint density at radius 2 is 2.07 bits per heavy atom. The van der Waals surface area contributed by atoms with Gasteiger partial charge in [-0.15, -0.1) is 0 Å². The van der Waals surface area contributed by atoms with E-state index in [0.717, 1.165) is 0 Å². The smallest absolute Gasteiger partial charge is 0.165 e. The number of aliphatic hydroxyl groups is 1. The second kappa shape index (κ2) is 3.49. The van der Waals surface area contributed by atoms with Crippen molar-refractivity contribution in [2.45, 2.75) is 32.5 Å². The SMILES string of the molecule is CC1(C)C(O)CC1Oc1ccccc1F. The Kier molecular flexibility index (Phi) is 2.43. The van der Waals surface area contributed by atoms with Gasteiger partial charge in [-0.25, -0.2) is 4.39 Å². The van der Waals surface area contributed by atoms with Crippen molar-refractivity contribution in [2.75, 3.05) is 0 Å². The minimum Gasteiger partial charge on any atom is -0.487 e. The lowest BCUT2D eigenvalue weighted by Crippen LogP contribution is -2.56. The molecule has 1 N–H and O–H groups in total. The largest absolute Gasteiger partial charge is 0.487 e. The molecule has 3 heteroatoms. The molecule has 0 aromatic heterocycles. The maximum atomic E-state index is 13.3. The van der Waals surface area contributed by atoms with Crippen LogP contribution in [0.25, 0.3) is 0 Å². The first kappa shape index (κ1) is 10.4. The number of aliphatic hydroxyl groups excluding tert-OH is 1. The predicted octanol–water partition coefficient (Wildman–Crippen LogP) is 2.36. The summed E-state index contributed by atoms with van der Waals surface area (Å²) in [7, 11) is 0. The van der Waals surface area contributed by atoms with E-state index in [4.69, 9.17) is 4.74 Å². The molecule has 2 atom stereocenters. The van der Waals surface area contributed by atoms with Crippen LogP contribution in [-0.2, 0) is 0 Å². The average Bonchev–Trinajstić information content (AvgIpc) is 2.20. The van der Waals surface area contributed by atoms with Crippen molar-refractivity contribution in [3.8, 4) is 5.75 Å². The van der Waals surface area contributed by atoms with Gasteiger partial charge in [0, 0.05) is 11.8 Å². The number of hydrogen-bond donors (Lipinski definition) is 1. The number of ether oxygens (including phenoxy) is 1. The van der Waals surface area contributed by atoms with Crippen LogP contribution < -0.4 is 4.74 Å². The Hall–Kier alpha value is -1.09. The van der Waals surface area contributed by atoms with Crippen molar-refractivity contribution in [1.29, 1.82) is 0 Å². The zero-order chi connectivity index (χ0) is 11.1. The maximum absolute atomic E-state index is 13.3. The third-order valence-electron chi connectivity index (χ3n) is 3.23. The fourth-order valence-corrected chi connectivity index (χ4v) is 1.76. The Morgan fingerprint density at radius 3 is 2.60 bits per heavy atom. The molecule has 2 nitrogen and oxygen atoms in total. The van der Waals surface area contributed by atoms with Gasteiger partial charge in [-0.3, -0.25) is 0 Å². The van der Waals surface area contributed by atoms with Crippen LogP contribution in [0.2, 0.25) is 0 Å². The maximum Gasteiger partial charge on any atom is 0.165 e. The van der Waals surface area contributed by atoms with Crippen molar-refractivity contribution < 1.29 is 14.2 Å². The van der Waals surface area contributed by atoms with Gasteiger partial charge in [-0.2, -0.15) is 0 Å². The summed E-state index contributed by atoms with van der Waals surface area (Å²) >= 11 is 0. The normalized spacial score (nSPS) is 28.3. The monoisotopic (exact) mass is 210 g/mol. The zero-order valence-electron chi connectivity index (χ0n) is 8.90. The summed E-state index contributed by atoms with van der Waals surface area (Å²) < 4.78 is 18.8. The van der Waals surface area contributed by atoms with E-state index in [1.54, 1.807) is 18.2 Å². The summed E-state index contributed by atoms with van der Waals surface area (Å²) in [5, 5.41) is 9.52. The van der Waals surface area contributed by atoms with Crippen LogP contribution in [0.15, 0.2) is 24.3 Å². The highest BCUT2D eigenvalue weighted by molar-refractivity contribution is 5.24. The average molecular weight is 210 g/mol. The molecular weight excluding hydrogens is 195 g/mol. The first-order valence-corrected chi connectivity index (χ1v) is 5.11. The first-order valence-electron chi connectivity index (χ1n) is 5.11. The van der Waals surface area contributed by atoms with Gasteiger partial charge in [0.15, 0.2) is 11.6 Å². The van der Waals surface area contributed by atoms with Gasteiger partial charge >= 0.3 is 0 Å². The molecule has 1 aliphatic rings. The van der Waals surface area contributed by atoms with E-state index in [1.165, 1.54) is 6.07 Å². The fourth-order valence-electron chi connectivity index (χ4n) is 1.76. The third-order valence-corrected chi connectivity index (χ3v) is 3.23. The number of benzene rings is 1. The Bertz CT molecular complexity index is 362. The highest BCUT2D eigenvalue weighted by atomic mass is 19.1. The number of para-hydroxylation sites is 1. The molecule has 0 bridgehead atoms. The van der Waals surface area contributed by atoms with Gasteiger partial charge in [0.2, 0.25) is 0 Å². The molecule has 1 aromatic rings. The standard InChI is InChI=1S/C12H15FO2/c1-12(2)10(14)7-11(12)15-9-6-4-3-5-8(9)13/h3-6,10-11,14H,7H2,1-2H3. The Balaban J connectivity index is 2.08. The van der Waals surface area contributed by atoms with Crippen molar-refractivity contribution in [1.82, 2.24) is 0 Å². The van der Waals surface area contributed by atoms with E-state index in [0.29, 0.717) is 6.42 Å². The van der Waals surface area contributed by atoms with Gasteiger partial charge in [0.25, 0.3) is 0 Å². The minimum atomic E-state index is -0.353. The Morgan fingerprint density at radius 1 is 1.40 bits per heavy atom. The van der Waals surface area contributed by atoms with Crippen LogP contribution >= 0.6 is 0 Å². The number of rotatable bonds is 2. The van der Waals surface area contributed by atoms with Gasteiger partial charge in [0.05, 0.1) is 6.10 Å². The van der Waals surface area contributed by atoms with E-state index >= 15 is 0 Å². The summed E-state index contributed by atoms with van der Waals surface area (Å²) in [6, 6.07) is 6.34. The highest BCUT2D eigenvalue weighted by Gasteiger charge is 2.49. The van der Waals surface area contributed by atoms with Crippen molar-refractivity contribution >= 4 is 0 Å².